The molecule has 0 aliphatic rings. The van der Waals surface area contributed by atoms with Crippen molar-refractivity contribution >= 4 is 23.4 Å². The molecule has 2 amide bonds. The highest BCUT2D eigenvalue weighted by molar-refractivity contribution is 6.30. The van der Waals surface area contributed by atoms with Crippen LogP contribution < -0.4 is 15.6 Å². The van der Waals surface area contributed by atoms with Gasteiger partial charge in [0.05, 0.1) is 0 Å². The third kappa shape index (κ3) is 7.42. The Morgan fingerprint density at radius 3 is 2.03 bits per heavy atom. The molecule has 0 aliphatic carbocycles. The van der Waals surface area contributed by atoms with Crippen LogP contribution in [-0.4, -0.2) is 18.4 Å². The molecule has 0 radical (unpaired) electrons. The minimum atomic E-state index is -0.454. The number of hydrogen-bond acceptors (Lipinski definition) is 3. The maximum atomic E-state index is 12.0. The Balaban J connectivity index is 1.82. The van der Waals surface area contributed by atoms with Crippen molar-refractivity contribution in [1.29, 1.82) is 0 Å². The minimum absolute atomic E-state index is 0.0418. The van der Waals surface area contributed by atoms with Crippen LogP contribution in [0.25, 0.3) is 0 Å². The van der Waals surface area contributed by atoms with Gasteiger partial charge in [-0.15, -0.1) is 0 Å². The molecular formula is C23H29ClN2O3. The van der Waals surface area contributed by atoms with Gasteiger partial charge in [-0.2, -0.15) is 0 Å². The number of nitrogens with one attached hydrogen (secondary N) is 2. The summed E-state index contributed by atoms with van der Waals surface area (Å²) in [6, 6.07) is 14.1. The molecule has 2 aromatic rings. The van der Waals surface area contributed by atoms with E-state index in [0.29, 0.717) is 16.3 Å². The lowest BCUT2D eigenvalue weighted by atomic mass is 9.72. The zero-order chi connectivity index (χ0) is 21.7. The number of hydrogen-bond donors (Lipinski definition) is 2. The first-order valence-electron chi connectivity index (χ1n) is 9.54. The number of rotatable bonds is 6. The molecule has 0 fully saturated rings. The molecule has 0 aliphatic heterocycles. The van der Waals surface area contributed by atoms with Gasteiger partial charge >= 0.3 is 0 Å². The van der Waals surface area contributed by atoms with E-state index >= 15 is 0 Å². The molecular weight excluding hydrogens is 388 g/mol. The van der Waals surface area contributed by atoms with Gasteiger partial charge in [0.1, 0.15) is 5.75 Å². The fourth-order valence-corrected chi connectivity index (χ4v) is 3.54. The summed E-state index contributed by atoms with van der Waals surface area (Å²) in [5.74, 6) is -0.288. The van der Waals surface area contributed by atoms with E-state index in [1.54, 1.807) is 24.3 Å². The Bertz CT molecular complexity index is 838. The van der Waals surface area contributed by atoms with Gasteiger partial charge in [-0.1, -0.05) is 58.4 Å². The van der Waals surface area contributed by atoms with Crippen molar-refractivity contribution in [3.8, 4) is 5.75 Å². The molecule has 0 saturated carbocycles. The fraction of sp³-hybridized carbons (Fsp3) is 0.391. The highest BCUT2D eigenvalue weighted by atomic mass is 35.5. The maximum Gasteiger partial charge on any atom is 0.276 e. The van der Waals surface area contributed by atoms with Crippen molar-refractivity contribution in [2.75, 3.05) is 6.61 Å². The Morgan fingerprint density at radius 1 is 0.897 bits per heavy atom. The molecule has 0 atom stereocenters. The van der Waals surface area contributed by atoms with Gasteiger partial charge in [0.25, 0.3) is 11.8 Å². The van der Waals surface area contributed by atoms with E-state index in [4.69, 9.17) is 16.3 Å². The zero-order valence-electron chi connectivity index (χ0n) is 17.6. The summed E-state index contributed by atoms with van der Waals surface area (Å²) in [6.45, 7) is 10.9. The van der Waals surface area contributed by atoms with Gasteiger partial charge in [0, 0.05) is 10.6 Å². The second-order valence-electron chi connectivity index (χ2n) is 8.94. The average Bonchev–Trinajstić information content (AvgIpc) is 2.63. The third-order valence-corrected chi connectivity index (χ3v) is 4.65. The SMILES string of the molecule is CC(C)(C)CC(C)(C)c1ccc(OCC(=O)NNC(=O)c2ccc(Cl)cc2)cc1. The summed E-state index contributed by atoms with van der Waals surface area (Å²) in [7, 11) is 0. The van der Waals surface area contributed by atoms with Crippen molar-refractivity contribution < 1.29 is 14.3 Å². The molecule has 2 rings (SSSR count). The van der Waals surface area contributed by atoms with Crippen LogP contribution in [0.5, 0.6) is 5.75 Å². The van der Waals surface area contributed by atoms with E-state index in [1.165, 1.54) is 5.56 Å². The normalized spacial score (nSPS) is 11.7. The highest BCUT2D eigenvalue weighted by Crippen LogP contribution is 2.36. The minimum Gasteiger partial charge on any atom is -0.484 e. The largest absolute Gasteiger partial charge is 0.484 e. The molecule has 2 aromatic carbocycles. The average molecular weight is 417 g/mol. The van der Waals surface area contributed by atoms with Gasteiger partial charge in [0.15, 0.2) is 6.61 Å². The maximum absolute atomic E-state index is 12.0. The summed E-state index contributed by atoms with van der Waals surface area (Å²) < 4.78 is 5.51. The molecule has 0 spiro atoms. The molecule has 2 N–H and O–H groups in total. The lowest BCUT2D eigenvalue weighted by molar-refractivity contribution is -0.123. The number of benzene rings is 2. The van der Waals surface area contributed by atoms with Crippen molar-refractivity contribution in [3.63, 3.8) is 0 Å². The van der Waals surface area contributed by atoms with Crippen molar-refractivity contribution in [1.82, 2.24) is 10.9 Å². The number of halogens is 1. The Labute approximate surface area is 177 Å². The summed E-state index contributed by atoms with van der Waals surface area (Å²) >= 11 is 5.79. The Kier molecular flexibility index (Phi) is 7.31. The monoisotopic (exact) mass is 416 g/mol. The van der Waals surface area contributed by atoms with Gasteiger partial charge in [-0.05, 0) is 59.2 Å². The van der Waals surface area contributed by atoms with Gasteiger partial charge in [0.2, 0.25) is 0 Å². The van der Waals surface area contributed by atoms with Crippen molar-refractivity contribution in [3.05, 3.63) is 64.7 Å². The van der Waals surface area contributed by atoms with E-state index < -0.39 is 11.8 Å². The summed E-state index contributed by atoms with van der Waals surface area (Å²) in [4.78, 5) is 23.9. The van der Waals surface area contributed by atoms with Gasteiger partial charge in [-0.25, -0.2) is 0 Å². The van der Waals surface area contributed by atoms with Crippen LogP contribution >= 0.6 is 11.6 Å². The number of ether oxygens (including phenoxy) is 1. The molecule has 0 unspecified atom stereocenters. The van der Waals surface area contributed by atoms with Crippen LogP contribution in [0.15, 0.2) is 48.5 Å². The van der Waals surface area contributed by atoms with Crippen LogP contribution in [0.3, 0.4) is 0 Å². The van der Waals surface area contributed by atoms with E-state index in [9.17, 15) is 9.59 Å². The lowest BCUT2D eigenvalue weighted by Gasteiger charge is -2.33. The smallest absolute Gasteiger partial charge is 0.276 e. The molecule has 5 nitrogen and oxygen atoms in total. The standard InChI is InChI=1S/C23H29ClN2O3/c1-22(2,3)15-23(4,5)17-8-12-19(13-9-17)29-14-20(27)25-26-21(28)16-6-10-18(24)11-7-16/h6-13H,14-15H2,1-5H3,(H,25,27)(H,26,28). The van der Waals surface area contributed by atoms with Crippen LogP contribution in [0.1, 0.15) is 57.0 Å². The van der Waals surface area contributed by atoms with Crippen LogP contribution in [-0.2, 0) is 10.2 Å². The Morgan fingerprint density at radius 2 is 1.48 bits per heavy atom. The number of carbonyl (C=O) groups is 2. The van der Waals surface area contributed by atoms with E-state index in [1.807, 2.05) is 24.3 Å². The summed E-state index contributed by atoms with van der Waals surface area (Å²) in [6.07, 6.45) is 1.05. The summed E-state index contributed by atoms with van der Waals surface area (Å²) in [5, 5.41) is 0.534. The predicted octanol–water partition coefficient (Wildman–Crippen LogP) is 4.89. The first kappa shape index (κ1) is 22.8. The number of hydrazine groups is 1. The van der Waals surface area contributed by atoms with Crippen LogP contribution in [0.4, 0.5) is 0 Å². The van der Waals surface area contributed by atoms with Crippen LogP contribution in [0.2, 0.25) is 5.02 Å². The molecule has 0 heterocycles. The molecule has 156 valence electrons. The second-order valence-corrected chi connectivity index (χ2v) is 9.38. The quantitative estimate of drug-likeness (QED) is 0.658. The zero-order valence-corrected chi connectivity index (χ0v) is 18.4. The van der Waals surface area contributed by atoms with E-state index in [0.717, 1.165) is 6.42 Å². The Hall–Kier alpha value is -2.53. The van der Waals surface area contributed by atoms with E-state index in [-0.39, 0.29) is 17.4 Å². The van der Waals surface area contributed by atoms with Crippen LogP contribution in [0, 0.1) is 5.41 Å². The van der Waals surface area contributed by atoms with Crippen molar-refractivity contribution in [2.24, 2.45) is 5.41 Å². The van der Waals surface area contributed by atoms with Gasteiger partial charge < -0.3 is 4.74 Å². The third-order valence-electron chi connectivity index (χ3n) is 4.40. The fourth-order valence-electron chi connectivity index (χ4n) is 3.42. The number of amides is 2. The molecule has 0 saturated heterocycles. The highest BCUT2D eigenvalue weighted by Gasteiger charge is 2.27. The lowest BCUT2D eigenvalue weighted by Crippen LogP contribution is -2.43. The first-order chi connectivity index (χ1) is 13.5. The second kappa shape index (κ2) is 9.31. The molecule has 6 heteroatoms. The molecule has 0 aromatic heterocycles. The summed E-state index contributed by atoms with van der Waals surface area (Å²) in [5.41, 5.74) is 6.56. The van der Waals surface area contributed by atoms with Crippen molar-refractivity contribution in [2.45, 2.75) is 46.5 Å². The first-order valence-corrected chi connectivity index (χ1v) is 9.92. The number of carbonyl (C=O) groups excluding carboxylic acids is 2. The predicted molar refractivity (Wildman–Crippen MR) is 116 cm³/mol. The molecule has 29 heavy (non-hydrogen) atoms. The van der Waals surface area contributed by atoms with E-state index in [2.05, 4.69) is 45.5 Å². The van der Waals surface area contributed by atoms with Gasteiger partial charge in [-0.3, -0.25) is 20.4 Å². The topological polar surface area (TPSA) is 67.4 Å². The molecule has 0 bridgehead atoms.